The van der Waals surface area contributed by atoms with E-state index in [-0.39, 0.29) is 0 Å². The molecule has 0 aliphatic heterocycles. The summed E-state index contributed by atoms with van der Waals surface area (Å²) in [5, 5.41) is 11.0. The molecule has 1 nitrogen and oxygen atoms in total. The van der Waals surface area contributed by atoms with Gasteiger partial charge in [-0.2, -0.15) is 0 Å². The van der Waals surface area contributed by atoms with E-state index in [2.05, 4.69) is 55.4 Å². The second kappa shape index (κ2) is 6.55. The molecule has 0 amide bonds. The normalized spacial score (nSPS) is 56.2. The van der Waals surface area contributed by atoms with Gasteiger partial charge in [-0.25, -0.2) is 0 Å². The summed E-state index contributed by atoms with van der Waals surface area (Å²) in [4.78, 5) is 0. The summed E-state index contributed by atoms with van der Waals surface area (Å²) in [7, 11) is 0. The van der Waals surface area contributed by atoms with Gasteiger partial charge in [0.05, 0.1) is 5.60 Å². The molecule has 1 heteroatoms. The third-order valence-electron chi connectivity index (χ3n) is 13.6. The van der Waals surface area contributed by atoms with Crippen molar-refractivity contribution in [2.45, 2.75) is 132 Å². The summed E-state index contributed by atoms with van der Waals surface area (Å²) in [6.07, 6.45) is 15.6. The molecule has 9 atom stereocenters. The molecule has 5 aliphatic carbocycles. The number of fused-ring (bicyclic) bond motifs is 7. The van der Waals surface area contributed by atoms with Crippen LogP contribution in [0.2, 0.25) is 0 Å². The van der Waals surface area contributed by atoms with Gasteiger partial charge < -0.3 is 5.11 Å². The van der Waals surface area contributed by atoms with Crippen LogP contribution >= 0.6 is 0 Å². The maximum Gasteiger partial charge on any atom is 0.0625 e. The van der Waals surface area contributed by atoms with Crippen molar-refractivity contribution in [2.75, 3.05) is 0 Å². The van der Waals surface area contributed by atoms with E-state index in [9.17, 15) is 5.11 Å². The monoisotopic (exact) mass is 428 g/mol. The first-order valence-corrected chi connectivity index (χ1v) is 13.9. The van der Waals surface area contributed by atoms with Crippen molar-refractivity contribution in [3.8, 4) is 0 Å². The summed E-state index contributed by atoms with van der Waals surface area (Å²) in [5.74, 6) is 4.01. The standard InChI is InChI=1S/C30H52O/c1-25(2)15-9-16-28(6)22(25)14-17-30(8)24(28)13-11-21-20-10-12-23(26(3,4)31)27(20,5)18-19-29(21,30)7/h20-24,31H,9-19H2,1-8H3/t20-,21-,22+,23-,24-,27-,28+,29-,30-/m1/s1. The average Bonchev–Trinajstić information content (AvgIpc) is 2.99. The predicted molar refractivity (Wildman–Crippen MR) is 131 cm³/mol. The topological polar surface area (TPSA) is 20.2 Å². The van der Waals surface area contributed by atoms with Crippen LogP contribution in [0, 0.1) is 56.7 Å². The molecule has 0 radical (unpaired) electrons. The highest BCUT2D eigenvalue weighted by Gasteiger charge is 2.70. The highest BCUT2D eigenvalue weighted by molar-refractivity contribution is 5.19. The third-order valence-corrected chi connectivity index (χ3v) is 13.6. The Balaban J connectivity index is 1.51. The van der Waals surface area contributed by atoms with Crippen molar-refractivity contribution in [3.05, 3.63) is 0 Å². The van der Waals surface area contributed by atoms with E-state index in [4.69, 9.17) is 0 Å². The molecule has 178 valence electrons. The molecule has 1 N–H and O–H groups in total. The highest BCUT2D eigenvalue weighted by atomic mass is 16.3. The van der Waals surface area contributed by atoms with Crippen molar-refractivity contribution in [1.82, 2.24) is 0 Å². The molecule has 0 heterocycles. The largest absolute Gasteiger partial charge is 0.390 e. The first-order chi connectivity index (χ1) is 14.2. The van der Waals surface area contributed by atoms with Gasteiger partial charge in [-0.05, 0) is 135 Å². The molecule has 0 aromatic carbocycles. The molecule has 5 saturated carbocycles. The average molecular weight is 429 g/mol. The number of hydrogen-bond donors (Lipinski definition) is 1. The summed E-state index contributed by atoms with van der Waals surface area (Å²) in [6.45, 7) is 20.2. The van der Waals surface area contributed by atoms with Crippen molar-refractivity contribution in [3.63, 3.8) is 0 Å². The molecule has 0 bridgehead atoms. The highest BCUT2D eigenvalue weighted by Crippen LogP contribution is 2.77. The van der Waals surface area contributed by atoms with Crippen molar-refractivity contribution in [2.24, 2.45) is 56.7 Å². The van der Waals surface area contributed by atoms with E-state index in [0.717, 1.165) is 23.7 Å². The quantitative estimate of drug-likeness (QED) is 0.445. The van der Waals surface area contributed by atoms with Gasteiger partial charge in [0.25, 0.3) is 0 Å². The third kappa shape index (κ3) is 2.77. The van der Waals surface area contributed by atoms with Gasteiger partial charge in [0.15, 0.2) is 0 Å². The number of aliphatic hydroxyl groups is 1. The van der Waals surface area contributed by atoms with Crippen molar-refractivity contribution >= 4 is 0 Å². The van der Waals surface area contributed by atoms with Crippen LogP contribution in [0.3, 0.4) is 0 Å². The molecule has 31 heavy (non-hydrogen) atoms. The van der Waals surface area contributed by atoms with Gasteiger partial charge in [0.1, 0.15) is 0 Å². The van der Waals surface area contributed by atoms with Gasteiger partial charge in [-0.15, -0.1) is 0 Å². The van der Waals surface area contributed by atoms with Crippen LogP contribution in [-0.2, 0) is 0 Å². The molecule has 0 aromatic heterocycles. The van der Waals surface area contributed by atoms with Gasteiger partial charge >= 0.3 is 0 Å². The lowest BCUT2D eigenvalue weighted by molar-refractivity contribution is -0.237. The molecule has 0 aromatic rings. The Morgan fingerprint density at radius 1 is 0.613 bits per heavy atom. The molecule has 5 aliphatic rings. The molecule has 5 fully saturated rings. The zero-order valence-corrected chi connectivity index (χ0v) is 22.1. The van der Waals surface area contributed by atoms with E-state index in [0.29, 0.717) is 33.0 Å². The Labute approximate surface area is 193 Å². The number of rotatable bonds is 1. The fourth-order valence-corrected chi connectivity index (χ4v) is 12.2. The lowest BCUT2D eigenvalue weighted by Crippen LogP contribution is -2.65. The maximum atomic E-state index is 11.0. The summed E-state index contributed by atoms with van der Waals surface area (Å²) < 4.78 is 0. The predicted octanol–water partition coefficient (Wildman–Crippen LogP) is 8.25. The van der Waals surface area contributed by atoms with Gasteiger partial charge in [-0.1, -0.05) is 48.0 Å². The van der Waals surface area contributed by atoms with Gasteiger partial charge in [0, 0.05) is 0 Å². The maximum absolute atomic E-state index is 11.0. The van der Waals surface area contributed by atoms with Crippen LogP contribution in [0.1, 0.15) is 126 Å². The first kappa shape index (κ1) is 22.7. The van der Waals surface area contributed by atoms with Crippen molar-refractivity contribution in [1.29, 1.82) is 0 Å². The first-order valence-electron chi connectivity index (χ1n) is 13.9. The Kier molecular flexibility index (Phi) is 4.80. The second-order valence-corrected chi connectivity index (χ2v) is 15.4. The van der Waals surface area contributed by atoms with Gasteiger partial charge in [-0.3, -0.25) is 0 Å². The minimum atomic E-state index is -0.530. The van der Waals surface area contributed by atoms with E-state index in [1.54, 1.807) is 0 Å². The summed E-state index contributed by atoms with van der Waals surface area (Å²) in [6, 6.07) is 0. The van der Waals surface area contributed by atoms with Gasteiger partial charge in [0.2, 0.25) is 0 Å². The van der Waals surface area contributed by atoms with Crippen LogP contribution in [0.15, 0.2) is 0 Å². The minimum Gasteiger partial charge on any atom is -0.390 e. The van der Waals surface area contributed by atoms with E-state index in [1.807, 2.05) is 0 Å². The SMILES string of the molecule is CC(C)(O)[C@H]1CC[C@@H]2[C@H]3CC[C@@H]4[C@@]5(C)CCCC(C)(C)[C@@H]5CC[C@@]4(C)[C@]3(C)CC[C@]21C. The van der Waals surface area contributed by atoms with Crippen LogP contribution in [0.4, 0.5) is 0 Å². The smallest absolute Gasteiger partial charge is 0.0625 e. The summed E-state index contributed by atoms with van der Waals surface area (Å²) >= 11 is 0. The van der Waals surface area contributed by atoms with Crippen LogP contribution in [-0.4, -0.2) is 10.7 Å². The lowest BCUT2D eigenvalue weighted by atomic mass is 9.32. The van der Waals surface area contributed by atoms with E-state index in [1.165, 1.54) is 70.6 Å². The minimum absolute atomic E-state index is 0.347. The van der Waals surface area contributed by atoms with Crippen LogP contribution < -0.4 is 0 Å². The molecular weight excluding hydrogens is 376 g/mol. The Bertz CT molecular complexity index is 731. The second-order valence-electron chi connectivity index (χ2n) is 15.4. The van der Waals surface area contributed by atoms with E-state index < -0.39 is 5.60 Å². The molecular formula is C30H52O. The molecule has 0 spiro atoms. The van der Waals surface area contributed by atoms with E-state index >= 15 is 0 Å². The fraction of sp³-hybridized carbons (Fsp3) is 1.00. The lowest BCUT2D eigenvalue weighted by Gasteiger charge is -2.72. The van der Waals surface area contributed by atoms with Crippen molar-refractivity contribution < 1.29 is 5.11 Å². The Morgan fingerprint density at radius 3 is 1.97 bits per heavy atom. The fourth-order valence-electron chi connectivity index (χ4n) is 12.2. The Morgan fingerprint density at radius 2 is 1.29 bits per heavy atom. The summed E-state index contributed by atoms with van der Waals surface area (Å²) in [5.41, 5.74) is 1.89. The molecule has 0 saturated heterocycles. The number of hydrogen-bond acceptors (Lipinski definition) is 1. The molecule has 0 unspecified atom stereocenters. The van der Waals surface area contributed by atoms with Crippen LogP contribution in [0.5, 0.6) is 0 Å². The molecule has 5 rings (SSSR count). The van der Waals surface area contributed by atoms with Crippen LogP contribution in [0.25, 0.3) is 0 Å². The zero-order valence-electron chi connectivity index (χ0n) is 22.1. The zero-order chi connectivity index (χ0) is 22.7. The Hall–Kier alpha value is -0.0400.